The third-order valence-corrected chi connectivity index (χ3v) is 2.80. The molecule has 0 spiro atoms. The number of aliphatic hydroxyl groups excluding tert-OH is 1. The highest BCUT2D eigenvalue weighted by Crippen LogP contribution is 2.06. The predicted octanol–water partition coefficient (Wildman–Crippen LogP) is 2.00. The number of amides is 1. The van der Waals surface area contributed by atoms with Gasteiger partial charge in [-0.25, -0.2) is 0 Å². The Morgan fingerprint density at radius 2 is 2.12 bits per heavy atom. The molecule has 3 nitrogen and oxygen atoms in total. The molecule has 0 saturated heterocycles. The number of benzene rings is 1. The summed E-state index contributed by atoms with van der Waals surface area (Å²) >= 11 is 1.95. The molecule has 1 unspecified atom stereocenters. The first-order valence-electron chi connectivity index (χ1n) is 4.95. The fourth-order valence-electron chi connectivity index (χ4n) is 1.21. The fourth-order valence-corrected chi connectivity index (χ4v) is 2.01. The summed E-state index contributed by atoms with van der Waals surface area (Å²) < 4.78 is 1.60. The lowest BCUT2D eigenvalue weighted by Gasteiger charge is -2.10. The molecule has 0 aliphatic heterocycles. The lowest BCUT2D eigenvalue weighted by Crippen LogP contribution is -2.28. The average molecular weight is 331 g/mol. The van der Waals surface area contributed by atoms with Gasteiger partial charge < -0.3 is 10.4 Å². The smallest absolute Gasteiger partial charge is 0.250 e. The fraction of sp³-hybridized carbons (Fsp3) is 0.250. The maximum atomic E-state index is 11.6. The van der Waals surface area contributed by atoms with E-state index in [1.807, 2.05) is 52.9 Å². The van der Waals surface area contributed by atoms with Gasteiger partial charge in [-0.05, 0) is 16.6 Å². The van der Waals surface area contributed by atoms with Crippen LogP contribution in [0.15, 0.2) is 40.0 Å². The van der Waals surface area contributed by atoms with Crippen molar-refractivity contribution in [3.05, 3.63) is 45.6 Å². The normalized spacial score (nSPS) is 13.3. The third kappa shape index (κ3) is 3.94. The summed E-state index contributed by atoms with van der Waals surface area (Å²) in [5.74, 6) is -0.228. The monoisotopic (exact) mass is 331 g/mol. The first-order valence-corrected chi connectivity index (χ1v) is 6.20. The molecule has 0 bridgehead atoms. The Bertz CT molecular complexity index is 374. The Hall–Kier alpha value is -0.880. The number of hydrogen-bond acceptors (Lipinski definition) is 2. The third-order valence-electron chi connectivity index (χ3n) is 2.13. The van der Waals surface area contributed by atoms with Crippen molar-refractivity contribution in [3.8, 4) is 0 Å². The van der Waals surface area contributed by atoms with E-state index in [2.05, 4.69) is 5.32 Å². The van der Waals surface area contributed by atoms with E-state index in [0.29, 0.717) is 12.1 Å². The molecule has 4 heteroatoms. The van der Waals surface area contributed by atoms with Crippen LogP contribution in [-0.4, -0.2) is 17.1 Å². The quantitative estimate of drug-likeness (QED) is 0.655. The molecule has 0 radical (unpaired) electrons. The van der Waals surface area contributed by atoms with Crippen molar-refractivity contribution in [2.24, 2.45) is 0 Å². The van der Waals surface area contributed by atoms with Gasteiger partial charge in [-0.1, -0.05) is 52.9 Å². The van der Waals surface area contributed by atoms with Gasteiger partial charge >= 0.3 is 0 Å². The molecule has 0 aliphatic rings. The molecule has 86 valence electrons. The highest BCUT2D eigenvalue weighted by atomic mass is 127. The zero-order valence-corrected chi connectivity index (χ0v) is 11.1. The van der Waals surface area contributed by atoms with Crippen LogP contribution in [0.5, 0.6) is 0 Å². The minimum absolute atomic E-state index is 0.228. The maximum Gasteiger partial charge on any atom is 0.250 e. The molecule has 0 saturated carbocycles. The molecule has 0 fully saturated rings. The van der Waals surface area contributed by atoms with Gasteiger partial charge in [-0.2, -0.15) is 0 Å². The molecule has 0 heterocycles. The van der Waals surface area contributed by atoms with E-state index in [1.165, 1.54) is 0 Å². The molecule has 1 amide bonds. The van der Waals surface area contributed by atoms with Crippen LogP contribution in [0.4, 0.5) is 0 Å². The van der Waals surface area contributed by atoms with Crippen molar-refractivity contribution < 1.29 is 9.90 Å². The van der Waals surface area contributed by atoms with Crippen molar-refractivity contribution in [2.45, 2.75) is 19.6 Å². The highest BCUT2D eigenvalue weighted by molar-refractivity contribution is 14.1. The molecule has 1 atom stereocenters. The number of nitrogens with one attached hydrogen (secondary N) is 1. The molecule has 2 N–H and O–H groups in total. The van der Waals surface area contributed by atoms with Crippen LogP contribution in [0.1, 0.15) is 12.5 Å². The summed E-state index contributed by atoms with van der Waals surface area (Å²) in [4.78, 5) is 11.6. The van der Waals surface area contributed by atoms with Gasteiger partial charge in [0.15, 0.2) is 0 Å². The molecule has 1 aromatic rings. The molecular formula is C12H14INO2. The Balaban J connectivity index is 2.53. The Morgan fingerprint density at radius 3 is 2.62 bits per heavy atom. The summed E-state index contributed by atoms with van der Waals surface area (Å²) in [6, 6.07) is 9.65. The van der Waals surface area contributed by atoms with Gasteiger partial charge in [0, 0.05) is 6.54 Å². The molecule has 0 aliphatic carbocycles. The number of carbonyl (C=O) groups excluding carboxylic acids is 1. The maximum absolute atomic E-state index is 11.6. The standard InChI is InChI=1S/C12H14INO2/c1-9(15)11(7-13)12(16)14-8-10-5-3-2-4-6-10/h2-7,9,15H,8H2,1H3,(H,14,16)/b11-7+. The second-order valence-corrected chi connectivity index (χ2v) is 4.03. The van der Waals surface area contributed by atoms with E-state index < -0.39 is 6.10 Å². The number of hydrogen-bond donors (Lipinski definition) is 2. The summed E-state index contributed by atoms with van der Waals surface area (Å²) in [7, 11) is 0. The molecule has 16 heavy (non-hydrogen) atoms. The predicted molar refractivity (Wildman–Crippen MR) is 72.1 cm³/mol. The van der Waals surface area contributed by atoms with Crippen LogP contribution < -0.4 is 5.32 Å². The molecule has 1 rings (SSSR count). The van der Waals surface area contributed by atoms with E-state index in [1.54, 1.807) is 11.0 Å². The van der Waals surface area contributed by atoms with Crippen molar-refractivity contribution in [3.63, 3.8) is 0 Å². The summed E-state index contributed by atoms with van der Waals surface area (Å²) in [6.45, 7) is 2.05. The van der Waals surface area contributed by atoms with Crippen LogP contribution in [0.2, 0.25) is 0 Å². The molecular weight excluding hydrogens is 317 g/mol. The van der Waals surface area contributed by atoms with E-state index in [9.17, 15) is 9.90 Å². The minimum Gasteiger partial charge on any atom is -0.388 e. The van der Waals surface area contributed by atoms with E-state index in [4.69, 9.17) is 0 Å². The largest absolute Gasteiger partial charge is 0.388 e. The Morgan fingerprint density at radius 1 is 1.50 bits per heavy atom. The van der Waals surface area contributed by atoms with Crippen LogP contribution >= 0.6 is 22.6 Å². The Labute approximate surface area is 109 Å². The Kier molecular flexibility index (Phi) is 5.48. The molecule has 1 aromatic carbocycles. The van der Waals surface area contributed by atoms with Crippen molar-refractivity contribution in [2.75, 3.05) is 0 Å². The minimum atomic E-state index is -0.743. The lowest BCUT2D eigenvalue weighted by molar-refractivity contribution is -0.118. The first-order chi connectivity index (χ1) is 7.65. The second-order valence-electron chi connectivity index (χ2n) is 3.41. The van der Waals surface area contributed by atoms with Crippen LogP contribution in [0, 0.1) is 0 Å². The second kappa shape index (κ2) is 6.65. The number of carbonyl (C=O) groups is 1. The van der Waals surface area contributed by atoms with Gasteiger partial charge in [0.2, 0.25) is 0 Å². The van der Waals surface area contributed by atoms with E-state index in [0.717, 1.165) is 5.56 Å². The van der Waals surface area contributed by atoms with Gasteiger partial charge in [-0.3, -0.25) is 4.79 Å². The van der Waals surface area contributed by atoms with Crippen molar-refractivity contribution in [1.29, 1.82) is 0 Å². The van der Waals surface area contributed by atoms with Crippen molar-refractivity contribution >= 4 is 28.5 Å². The van der Waals surface area contributed by atoms with Crippen LogP contribution in [0.25, 0.3) is 0 Å². The van der Waals surface area contributed by atoms with Crippen molar-refractivity contribution in [1.82, 2.24) is 5.32 Å². The molecule has 0 aromatic heterocycles. The van der Waals surface area contributed by atoms with E-state index in [-0.39, 0.29) is 5.91 Å². The van der Waals surface area contributed by atoms with Gasteiger partial charge in [-0.15, -0.1) is 0 Å². The zero-order chi connectivity index (χ0) is 12.0. The van der Waals surface area contributed by atoms with Gasteiger partial charge in [0.1, 0.15) is 0 Å². The van der Waals surface area contributed by atoms with Gasteiger partial charge in [0.25, 0.3) is 5.91 Å². The number of halogens is 1. The highest BCUT2D eigenvalue weighted by Gasteiger charge is 2.13. The summed E-state index contributed by atoms with van der Waals surface area (Å²) in [5, 5.41) is 12.1. The van der Waals surface area contributed by atoms with Crippen LogP contribution in [-0.2, 0) is 11.3 Å². The van der Waals surface area contributed by atoms with Crippen LogP contribution in [0.3, 0.4) is 0 Å². The lowest BCUT2D eigenvalue weighted by atomic mass is 10.1. The first kappa shape index (κ1) is 13.2. The SMILES string of the molecule is CC(O)/C(=C\I)C(=O)NCc1ccccc1. The summed E-state index contributed by atoms with van der Waals surface area (Å²) in [6.07, 6.45) is -0.743. The zero-order valence-electron chi connectivity index (χ0n) is 8.98. The van der Waals surface area contributed by atoms with E-state index >= 15 is 0 Å². The number of aliphatic hydroxyl groups is 1. The topological polar surface area (TPSA) is 49.3 Å². The average Bonchev–Trinajstić information content (AvgIpc) is 2.28. The summed E-state index contributed by atoms with van der Waals surface area (Å²) in [5.41, 5.74) is 1.42. The van der Waals surface area contributed by atoms with Gasteiger partial charge in [0.05, 0.1) is 11.7 Å². The number of rotatable bonds is 4.